The van der Waals surface area contributed by atoms with Crippen LogP contribution in [0.2, 0.25) is 0 Å². The van der Waals surface area contributed by atoms with Gasteiger partial charge in [0, 0.05) is 26.5 Å². The summed E-state index contributed by atoms with van der Waals surface area (Å²) in [7, 11) is 3.31. The molecule has 0 radical (unpaired) electrons. The molecule has 26 heavy (non-hydrogen) atoms. The second kappa shape index (κ2) is 8.94. The lowest BCUT2D eigenvalue weighted by Crippen LogP contribution is -2.22. The Bertz CT molecular complexity index is 755. The van der Waals surface area contributed by atoms with Crippen molar-refractivity contribution in [1.82, 2.24) is 10.2 Å². The Morgan fingerprint density at radius 2 is 1.73 bits per heavy atom. The molecule has 0 aliphatic rings. The number of rotatable bonds is 7. The first-order valence-electron chi connectivity index (χ1n) is 8.68. The summed E-state index contributed by atoms with van der Waals surface area (Å²) in [5, 5.41) is 16.7. The van der Waals surface area contributed by atoms with Crippen LogP contribution in [0.1, 0.15) is 35.8 Å². The maximum absolute atomic E-state index is 12.1. The molecule has 138 valence electrons. The topological polar surface area (TPSA) is 64.6 Å². The molecule has 5 nitrogen and oxygen atoms in total. The van der Waals surface area contributed by atoms with Crippen molar-refractivity contribution in [3.8, 4) is 5.75 Å². The van der Waals surface area contributed by atoms with Gasteiger partial charge >= 0.3 is 0 Å². The van der Waals surface area contributed by atoms with Crippen molar-refractivity contribution in [3.05, 3.63) is 72.1 Å². The summed E-state index contributed by atoms with van der Waals surface area (Å²) in [6.45, 7) is 4.32. The zero-order valence-corrected chi connectivity index (χ0v) is 15.7. The predicted octanol–water partition coefficient (Wildman–Crippen LogP) is 3.96. The molecule has 0 aliphatic carbocycles. The Hall–Kier alpha value is -2.95. The minimum atomic E-state index is -0.239. The van der Waals surface area contributed by atoms with E-state index in [2.05, 4.69) is 36.6 Å². The highest BCUT2D eigenvalue weighted by Crippen LogP contribution is 2.28. The molecule has 0 bridgehead atoms. The SMILES string of the molecule is CC(C)C(N/C=C\Nc1cccc(C(=O)N(C)C)c1O)c1ccccc1. The van der Waals surface area contributed by atoms with Crippen LogP contribution in [0.4, 0.5) is 5.69 Å². The highest BCUT2D eigenvalue weighted by atomic mass is 16.3. The minimum absolute atomic E-state index is 0.0562. The Morgan fingerprint density at radius 1 is 1.04 bits per heavy atom. The number of phenolic OH excluding ortho intramolecular Hbond substituents is 1. The summed E-state index contributed by atoms with van der Waals surface area (Å²) in [5.74, 6) is 0.119. The number of hydrogen-bond acceptors (Lipinski definition) is 4. The van der Waals surface area contributed by atoms with E-state index in [1.54, 1.807) is 38.5 Å². The van der Waals surface area contributed by atoms with Gasteiger partial charge < -0.3 is 20.6 Å². The molecule has 3 N–H and O–H groups in total. The fourth-order valence-electron chi connectivity index (χ4n) is 2.69. The van der Waals surface area contributed by atoms with E-state index in [-0.39, 0.29) is 23.3 Å². The van der Waals surface area contributed by atoms with E-state index in [1.807, 2.05) is 24.4 Å². The molecule has 2 rings (SSSR count). The summed E-state index contributed by atoms with van der Waals surface area (Å²) in [5.41, 5.74) is 1.97. The number of phenols is 1. The van der Waals surface area contributed by atoms with Crippen molar-refractivity contribution in [2.75, 3.05) is 19.4 Å². The van der Waals surface area contributed by atoms with E-state index in [1.165, 1.54) is 10.5 Å². The third kappa shape index (κ3) is 4.79. The van der Waals surface area contributed by atoms with Gasteiger partial charge in [-0.15, -0.1) is 0 Å². The van der Waals surface area contributed by atoms with Gasteiger partial charge in [-0.05, 0) is 23.6 Å². The Labute approximate surface area is 155 Å². The number of anilines is 1. The van der Waals surface area contributed by atoms with E-state index in [9.17, 15) is 9.90 Å². The number of amides is 1. The van der Waals surface area contributed by atoms with Crippen LogP contribution in [0, 0.1) is 5.92 Å². The van der Waals surface area contributed by atoms with Gasteiger partial charge in [-0.25, -0.2) is 0 Å². The predicted molar refractivity (Wildman–Crippen MR) is 106 cm³/mol. The molecule has 0 aromatic heterocycles. The van der Waals surface area contributed by atoms with Gasteiger partial charge in [-0.3, -0.25) is 4.79 Å². The van der Waals surface area contributed by atoms with Crippen LogP contribution in [0.3, 0.4) is 0 Å². The maximum Gasteiger partial charge on any atom is 0.257 e. The van der Waals surface area contributed by atoms with Crippen molar-refractivity contribution in [1.29, 1.82) is 0 Å². The van der Waals surface area contributed by atoms with Crippen LogP contribution in [-0.4, -0.2) is 30.0 Å². The lowest BCUT2D eigenvalue weighted by atomic mass is 9.96. The number of para-hydroxylation sites is 1. The summed E-state index contributed by atoms with van der Waals surface area (Å²) < 4.78 is 0. The molecule has 1 atom stereocenters. The van der Waals surface area contributed by atoms with Gasteiger partial charge in [-0.2, -0.15) is 0 Å². The zero-order valence-electron chi connectivity index (χ0n) is 15.7. The van der Waals surface area contributed by atoms with Crippen LogP contribution in [0.15, 0.2) is 60.9 Å². The Morgan fingerprint density at radius 3 is 2.35 bits per heavy atom. The number of aromatic hydroxyl groups is 1. The largest absolute Gasteiger partial charge is 0.505 e. The fourth-order valence-corrected chi connectivity index (χ4v) is 2.69. The van der Waals surface area contributed by atoms with E-state index >= 15 is 0 Å². The molecule has 5 heteroatoms. The van der Waals surface area contributed by atoms with E-state index in [4.69, 9.17) is 0 Å². The minimum Gasteiger partial charge on any atom is -0.505 e. The molecule has 0 fully saturated rings. The number of carbonyl (C=O) groups is 1. The van der Waals surface area contributed by atoms with Crippen LogP contribution < -0.4 is 10.6 Å². The molecule has 2 aromatic carbocycles. The first-order valence-corrected chi connectivity index (χ1v) is 8.68. The second-order valence-corrected chi connectivity index (χ2v) is 6.68. The van der Waals surface area contributed by atoms with Crippen LogP contribution in [-0.2, 0) is 0 Å². The van der Waals surface area contributed by atoms with Crippen molar-refractivity contribution in [3.63, 3.8) is 0 Å². The first-order chi connectivity index (χ1) is 12.4. The molecule has 0 heterocycles. The molecule has 1 unspecified atom stereocenters. The van der Waals surface area contributed by atoms with Gasteiger partial charge in [0.25, 0.3) is 5.91 Å². The molecule has 2 aromatic rings. The van der Waals surface area contributed by atoms with Gasteiger partial charge in [0.2, 0.25) is 0 Å². The monoisotopic (exact) mass is 353 g/mol. The van der Waals surface area contributed by atoms with Gasteiger partial charge in [0.05, 0.1) is 17.3 Å². The molecule has 1 amide bonds. The average molecular weight is 353 g/mol. The van der Waals surface area contributed by atoms with E-state index in [0.717, 1.165) is 0 Å². The van der Waals surface area contributed by atoms with Crippen molar-refractivity contribution < 1.29 is 9.90 Å². The molecular formula is C21H27N3O2. The number of hydrogen-bond donors (Lipinski definition) is 3. The standard InChI is InChI=1S/C21H27N3O2/c1-15(2)19(16-9-6-5-7-10-16)23-14-13-22-18-12-8-11-17(20(18)25)21(26)24(3)4/h5-15,19,22-23,25H,1-4H3/b14-13-. The summed E-state index contributed by atoms with van der Waals surface area (Å²) in [6, 6.07) is 15.5. The summed E-state index contributed by atoms with van der Waals surface area (Å²) in [4.78, 5) is 13.5. The van der Waals surface area contributed by atoms with E-state index < -0.39 is 0 Å². The van der Waals surface area contributed by atoms with Gasteiger partial charge in [-0.1, -0.05) is 50.2 Å². The second-order valence-electron chi connectivity index (χ2n) is 6.68. The van der Waals surface area contributed by atoms with Crippen LogP contribution in [0.25, 0.3) is 0 Å². The van der Waals surface area contributed by atoms with Crippen LogP contribution >= 0.6 is 0 Å². The van der Waals surface area contributed by atoms with Crippen molar-refractivity contribution in [2.45, 2.75) is 19.9 Å². The van der Waals surface area contributed by atoms with Crippen molar-refractivity contribution >= 4 is 11.6 Å². The number of carbonyl (C=O) groups excluding carboxylic acids is 1. The highest BCUT2D eigenvalue weighted by molar-refractivity contribution is 5.98. The lowest BCUT2D eigenvalue weighted by Gasteiger charge is -2.21. The first kappa shape index (κ1) is 19.4. The van der Waals surface area contributed by atoms with Gasteiger partial charge in [0.15, 0.2) is 5.75 Å². The molecule has 0 saturated heterocycles. The lowest BCUT2D eigenvalue weighted by molar-refractivity contribution is 0.0824. The number of nitrogens with one attached hydrogen (secondary N) is 2. The summed E-state index contributed by atoms with van der Waals surface area (Å²) >= 11 is 0. The normalized spacial score (nSPS) is 12.2. The Kier molecular flexibility index (Phi) is 6.67. The van der Waals surface area contributed by atoms with E-state index in [0.29, 0.717) is 11.6 Å². The molecule has 0 spiro atoms. The van der Waals surface area contributed by atoms with Gasteiger partial charge in [0.1, 0.15) is 0 Å². The third-order valence-electron chi connectivity index (χ3n) is 4.10. The molecule has 0 saturated carbocycles. The number of nitrogens with zero attached hydrogens (tertiary/aromatic N) is 1. The maximum atomic E-state index is 12.1. The smallest absolute Gasteiger partial charge is 0.257 e. The highest BCUT2D eigenvalue weighted by Gasteiger charge is 2.15. The van der Waals surface area contributed by atoms with Crippen LogP contribution in [0.5, 0.6) is 5.75 Å². The summed E-state index contributed by atoms with van der Waals surface area (Å²) in [6.07, 6.45) is 3.54. The fraction of sp³-hybridized carbons (Fsp3) is 0.286. The number of benzene rings is 2. The zero-order chi connectivity index (χ0) is 19.1. The molecule has 0 aliphatic heterocycles. The van der Waals surface area contributed by atoms with Crippen molar-refractivity contribution in [2.24, 2.45) is 5.92 Å². The average Bonchev–Trinajstić information content (AvgIpc) is 2.62. The quantitative estimate of drug-likeness (QED) is 0.659. The third-order valence-corrected chi connectivity index (χ3v) is 4.10. The molecular weight excluding hydrogens is 326 g/mol. The Balaban J connectivity index is 2.06.